The van der Waals surface area contributed by atoms with Gasteiger partial charge >= 0.3 is 6.18 Å². The number of hydrogen-bond acceptors (Lipinski definition) is 3. The van der Waals surface area contributed by atoms with E-state index >= 15 is 0 Å². The molecule has 2 spiro atoms. The van der Waals surface area contributed by atoms with E-state index in [1.54, 1.807) is 0 Å². The van der Waals surface area contributed by atoms with Gasteiger partial charge in [0, 0.05) is 13.3 Å². The molecule has 6 fully saturated rings. The van der Waals surface area contributed by atoms with Crippen LogP contribution in [0.3, 0.4) is 0 Å². The molecular weight excluding hydrogens is 469 g/mol. The molecule has 0 bridgehead atoms. The van der Waals surface area contributed by atoms with Gasteiger partial charge in [-0.2, -0.15) is 13.2 Å². The molecule has 0 aromatic heterocycles. The first-order valence-corrected chi connectivity index (χ1v) is 13.7. The number of aliphatic carboxylic acids is 1. The summed E-state index contributed by atoms with van der Waals surface area (Å²) >= 11 is 0. The standard InChI is InChI=1S/C25H37F3O2.C2H4O2.C2H2/c1-14-5-4-9-22-15(2)23(22)12-11-21(3)18-8-10-24(29,25(26,27)28)30-20(18)13-19(21)17(23)7-6-16(14)22;1-2(3)4;1-2/h14-20,29H,4-13H2,1-3H3;1H3,(H,3,4);1-2H/t14?,15-,16?,17?,18?,19?,20?,21-,22?,23+,24?;;/m1../s1. The van der Waals surface area contributed by atoms with E-state index in [1.165, 1.54) is 38.5 Å². The number of ether oxygens (including phenoxy) is 1. The lowest BCUT2D eigenvalue weighted by molar-refractivity contribution is -0.395. The van der Waals surface area contributed by atoms with E-state index in [-0.39, 0.29) is 17.8 Å². The number of rotatable bonds is 0. The lowest BCUT2D eigenvalue weighted by Gasteiger charge is -2.56. The van der Waals surface area contributed by atoms with Gasteiger partial charge in [-0.1, -0.05) is 33.6 Å². The summed E-state index contributed by atoms with van der Waals surface area (Å²) in [7, 11) is 0. The van der Waals surface area contributed by atoms with Gasteiger partial charge < -0.3 is 14.9 Å². The van der Waals surface area contributed by atoms with Gasteiger partial charge in [0.1, 0.15) is 0 Å². The molecule has 204 valence electrons. The Hall–Kier alpha value is -1.26. The second-order valence-corrected chi connectivity index (χ2v) is 12.9. The highest BCUT2D eigenvalue weighted by atomic mass is 19.4. The van der Waals surface area contributed by atoms with Crippen LogP contribution in [0, 0.1) is 64.6 Å². The van der Waals surface area contributed by atoms with Crippen LogP contribution < -0.4 is 0 Å². The van der Waals surface area contributed by atoms with Crippen LogP contribution >= 0.6 is 0 Å². The molecule has 2 N–H and O–H groups in total. The third kappa shape index (κ3) is 3.52. The SMILES string of the molecule is C#C.CC(=O)O.CC1CCCC23C1CCC1C4CC5OC(O)(C(F)(F)F)CCC5[C@@]4(C)CC[C@]12[C@@H]3C. The zero-order chi connectivity index (χ0) is 26.9. The summed E-state index contributed by atoms with van der Waals surface area (Å²) in [6, 6.07) is 0. The minimum absolute atomic E-state index is 0.0735. The maximum Gasteiger partial charge on any atom is 0.443 e. The normalized spacial score (nSPS) is 52.3. The van der Waals surface area contributed by atoms with Crippen molar-refractivity contribution in [2.45, 2.75) is 110 Å². The molecule has 0 amide bonds. The smallest absolute Gasteiger partial charge is 0.443 e. The molecule has 8 unspecified atom stereocenters. The molecule has 7 heteroatoms. The number of terminal acetylenes is 1. The average Bonchev–Trinajstić information content (AvgIpc) is 3.17. The molecule has 6 aliphatic rings. The highest BCUT2D eigenvalue weighted by molar-refractivity contribution is 5.62. The fourth-order valence-electron chi connectivity index (χ4n) is 11.0. The van der Waals surface area contributed by atoms with Crippen molar-refractivity contribution in [1.29, 1.82) is 0 Å². The van der Waals surface area contributed by atoms with Gasteiger partial charge in [0.15, 0.2) is 0 Å². The Balaban J connectivity index is 0.000000465. The summed E-state index contributed by atoms with van der Waals surface area (Å²) in [4.78, 5) is 9.00. The van der Waals surface area contributed by atoms with E-state index in [2.05, 4.69) is 33.6 Å². The van der Waals surface area contributed by atoms with E-state index < -0.39 is 24.0 Å². The molecule has 0 aromatic rings. The Kier molecular flexibility index (Phi) is 6.87. The average molecular weight is 513 g/mol. The van der Waals surface area contributed by atoms with Crippen molar-refractivity contribution in [2.75, 3.05) is 0 Å². The van der Waals surface area contributed by atoms with Crippen LogP contribution in [0.1, 0.15) is 91.9 Å². The molecule has 11 atom stereocenters. The van der Waals surface area contributed by atoms with Gasteiger partial charge in [-0.25, -0.2) is 0 Å². The van der Waals surface area contributed by atoms with Gasteiger partial charge in [0.05, 0.1) is 6.10 Å². The van der Waals surface area contributed by atoms with Crippen LogP contribution in [0.2, 0.25) is 0 Å². The van der Waals surface area contributed by atoms with Crippen LogP contribution in [0.5, 0.6) is 0 Å². The zero-order valence-corrected chi connectivity index (χ0v) is 22.1. The molecule has 1 saturated heterocycles. The van der Waals surface area contributed by atoms with E-state index in [0.717, 1.165) is 37.5 Å². The number of hydrogen-bond donors (Lipinski definition) is 2. The van der Waals surface area contributed by atoms with Crippen molar-refractivity contribution >= 4 is 5.97 Å². The summed E-state index contributed by atoms with van der Waals surface area (Å²) < 4.78 is 46.0. The third-order valence-electron chi connectivity index (χ3n) is 12.2. The minimum Gasteiger partial charge on any atom is -0.481 e. The quantitative estimate of drug-likeness (QED) is 0.356. The summed E-state index contributed by atoms with van der Waals surface area (Å²) in [6.07, 6.45) is 12.8. The second kappa shape index (κ2) is 8.90. The maximum absolute atomic E-state index is 13.5. The Morgan fingerprint density at radius 1 is 0.917 bits per heavy atom. The number of carbonyl (C=O) groups is 1. The number of aliphatic hydroxyl groups is 1. The molecule has 0 aromatic carbocycles. The Labute approximate surface area is 213 Å². The number of carboxylic acids is 1. The van der Waals surface area contributed by atoms with Crippen LogP contribution in [0.15, 0.2) is 0 Å². The predicted molar refractivity (Wildman–Crippen MR) is 131 cm³/mol. The Morgan fingerprint density at radius 3 is 2.11 bits per heavy atom. The van der Waals surface area contributed by atoms with Crippen molar-refractivity contribution < 1.29 is 32.9 Å². The van der Waals surface area contributed by atoms with Crippen molar-refractivity contribution in [3.63, 3.8) is 0 Å². The molecule has 1 aliphatic heterocycles. The molecule has 0 radical (unpaired) electrons. The molecule has 4 nitrogen and oxygen atoms in total. The van der Waals surface area contributed by atoms with Crippen LogP contribution in [-0.4, -0.2) is 34.2 Å². The number of alkyl halides is 3. The lowest BCUT2D eigenvalue weighted by Crippen LogP contribution is -2.55. The third-order valence-corrected chi connectivity index (χ3v) is 12.2. The number of fused-ring (bicyclic) bond motifs is 4. The first-order chi connectivity index (χ1) is 16.7. The van der Waals surface area contributed by atoms with Crippen LogP contribution in [-0.2, 0) is 9.53 Å². The molecule has 1 heterocycles. The molecule has 5 saturated carbocycles. The first-order valence-electron chi connectivity index (χ1n) is 13.7. The van der Waals surface area contributed by atoms with Crippen molar-refractivity contribution in [3.8, 4) is 12.8 Å². The van der Waals surface area contributed by atoms with Gasteiger partial charge in [0.2, 0.25) is 0 Å². The van der Waals surface area contributed by atoms with Crippen molar-refractivity contribution in [1.82, 2.24) is 0 Å². The molecule has 36 heavy (non-hydrogen) atoms. The number of carboxylic acid groups (broad SMARTS) is 1. The fraction of sp³-hybridized carbons (Fsp3) is 0.897. The summed E-state index contributed by atoms with van der Waals surface area (Å²) in [5.41, 5.74) is 1.02. The highest BCUT2D eigenvalue weighted by Gasteiger charge is 2.83. The fourth-order valence-corrected chi connectivity index (χ4v) is 11.0. The van der Waals surface area contributed by atoms with Gasteiger partial charge in [0.25, 0.3) is 11.8 Å². The van der Waals surface area contributed by atoms with E-state index in [1.807, 2.05) is 0 Å². The van der Waals surface area contributed by atoms with E-state index in [4.69, 9.17) is 14.6 Å². The molecule has 6 rings (SSSR count). The van der Waals surface area contributed by atoms with Gasteiger partial charge in [-0.05, 0) is 96.7 Å². The lowest BCUT2D eigenvalue weighted by atomic mass is 9.48. The first kappa shape index (κ1) is 27.8. The number of halogens is 3. The van der Waals surface area contributed by atoms with E-state index in [9.17, 15) is 18.3 Å². The topological polar surface area (TPSA) is 66.8 Å². The van der Waals surface area contributed by atoms with Crippen LogP contribution in [0.25, 0.3) is 0 Å². The molecule has 5 aliphatic carbocycles. The Bertz CT molecular complexity index is 883. The van der Waals surface area contributed by atoms with E-state index in [0.29, 0.717) is 29.1 Å². The van der Waals surface area contributed by atoms with Gasteiger partial charge in [-0.3, -0.25) is 4.79 Å². The summed E-state index contributed by atoms with van der Waals surface area (Å²) in [5, 5.41) is 17.7. The highest BCUT2D eigenvalue weighted by Crippen LogP contribution is 2.88. The Morgan fingerprint density at radius 2 is 1.50 bits per heavy atom. The monoisotopic (exact) mass is 512 g/mol. The summed E-state index contributed by atoms with van der Waals surface area (Å²) in [5.74, 6) is -0.0673. The summed E-state index contributed by atoms with van der Waals surface area (Å²) in [6.45, 7) is 8.41. The van der Waals surface area contributed by atoms with Crippen molar-refractivity contribution in [3.05, 3.63) is 0 Å². The van der Waals surface area contributed by atoms with Crippen LogP contribution in [0.4, 0.5) is 13.2 Å². The second-order valence-electron chi connectivity index (χ2n) is 12.9. The van der Waals surface area contributed by atoms with Crippen molar-refractivity contribution in [2.24, 2.45) is 51.8 Å². The molecular formula is C29H43F3O4. The largest absolute Gasteiger partial charge is 0.481 e. The predicted octanol–water partition coefficient (Wildman–Crippen LogP) is 6.66. The minimum atomic E-state index is -4.71. The van der Waals surface area contributed by atoms with Gasteiger partial charge in [-0.15, -0.1) is 12.8 Å². The maximum atomic E-state index is 13.5. The zero-order valence-electron chi connectivity index (χ0n) is 22.1.